The molecule has 274 valence electrons. The largest absolute Gasteiger partial charge is 0.493 e. The molecule has 0 saturated carbocycles. The number of rotatable bonds is 33. The number of benzene rings is 1. The molecule has 0 bridgehead atoms. The van der Waals surface area contributed by atoms with E-state index in [0.29, 0.717) is 32.3 Å². The second kappa shape index (κ2) is 27.6. The van der Waals surface area contributed by atoms with Gasteiger partial charge in [-0.25, -0.2) is 4.57 Å². The van der Waals surface area contributed by atoms with Crippen LogP contribution in [0.3, 0.4) is 0 Å². The van der Waals surface area contributed by atoms with Crippen LogP contribution in [0, 0.1) is 5.92 Å². The molecule has 2 atom stereocenters. The number of quaternary nitrogens is 1. The van der Waals surface area contributed by atoms with Crippen LogP contribution in [0.1, 0.15) is 154 Å². The average Bonchev–Trinajstić information content (AvgIpc) is 3.01. The molecule has 1 N–H and O–H groups in total. The van der Waals surface area contributed by atoms with Gasteiger partial charge in [-0.05, 0) is 49.7 Å². The van der Waals surface area contributed by atoms with E-state index in [1.54, 1.807) is 0 Å². The predicted octanol–water partition coefficient (Wildman–Crippen LogP) is 10.9. The maximum atomic E-state index is 12.6. The van der Waals surface area contributed by atoms with Crippen LogP contribution in [0.5, 0.6) is 5.75 Å². The lowest BCUT2D eigenvalue weighted by atomic mass is 9.93. The second-order valence-corrected chi connectivity index (χ2v) is 16.1. The molecule has 0 amide bonds. The van der Waals surface area contributed by atoms with Crippen LogP contribution in [-0.4, -0.2) is 62.7 Å². The zero-order chi connectivity index (χ0) is 34.6. The molecular formula is C39H73NO6P+. The van der Waals surface area contributed by atoms with Crippen molar-refractivity contribution >= 4 is 13.6 Å². The van der Waals surface area contributed by atoms with Crippen molar-refractivity contribution < 1.29 is 32.5 Å². The Kier molecular flexibility index (Phi) is 25.7. The summed E-state index contributed by atoms with van der Waals surface area (Å²) in [6.45, 7) is 6.04. The van der Waals surface area contributed by atoms with Gasteiger partial charge in [-0.2, -0.15) is 0 Å². The molecule has 0 aliphatic heterocycles. The van der Waals surface area contributed by atoms with Crippen LogP contribution in [0.15, 0.2) is 24.3 Å². The Morgan fingerprint density at radius 1 is 0.723 bits per heavy atom. The highest BCUT2D eigenvalue weighted by molar-refractivity contribution is 7.47. The fourth-order valence-corrected chi connectivity index (χ4v) is 6.79. The Morgan fingerprint density at radius 3 is 1.81 bits per heavy atom. The van der Waals surface area contributed by atoms with E-state index in [0.717, 1.165) is 41.6 Å². The van der Waals surface area contributed by atoms with Crippen molar-refractivity contribution in [1.82, 2.24) is 0 Å². The minimum Gasteiger partial charge on any atom is -0.493 e. The van der Waals surface area contributed by atoms with Gasteiger partial charge in [0.2, 0.25) is 0 Å². The minimum absolute atomic E-state index is 0.0183. The van der Waals surface area contributed by atoms with E-state index in [-0.39, 0.29) is 24.9 Å². The minimum atomic E-state index is -4.20. The molecule has 0 aliphatic rings. The monoisotopic (exact) mass is 683 g/mol. The summed E-state index contributed by atoms with van der Waals surface area (Å²) in [5.41, 5.74) is 0.996. The van der Waals surface area contributed by atoms with E-state index in [2.05, 4.69) is 28.1 Å². The topological polar surface area (TPSA) is 82.1 Å². The molecule has 0 fully saturated rings. The molecule has 0 radical (unpaired) electrons. The Balaban J connectivity index is 2.36. The molecule has 1 rings (SSSR count). The summed E-state index contributed by atoms with van der Waals surface area (Å²) in [6.07, 6.45) is 25.1. The standard InChI is InChI=1S/C39H72NO6P/c1-6-8-9-10-11-12-13-14-15-16-17-18-19-20-21-25-31-44-39-29-23-22-28-37(39)33-36(34-38(41)27-7-2)35-46-47(42,43)45-32-26-24-30-40(3,4)5/h22-23,28-29,36H,6-21,24-27,30-35H2,1-5H3/p+1. The maximum absolute atomic E-state index is 12.6. The zero-order valence-electron chi connectivity index (χ0n) is 31.2. The van der Waals surface area contributed by atoms with Gasteiger partial charge < -0.3 is 14.1 Å². The number of carbonyl (C=O) groups is 1. The van der Waals surface area contributed by atoms with Gasteiger partial charge in [0, 0.05) is 12.8 Å². The van der Waals surface area contributed by atoms with Gasteiger partial charge in [0.1, 0.15) is 11.5 Å². The molecule has 0 aromatic heterocycles. The van der Waals surface area contributed by atoms with Crippen molar-refractivity contribution in [3.05, 3.63) is 29.8 Å². The quantitative estimate of drug-likeness (QED) is 0.0451. The van der Waals surface area contributed by atoms with E-state index < -0.39 is 7.82 Å². The number of ether oxygens (including phenoxy) is 1. The van der Waals surface area contributed by atoms with Crippen LogP contribution >= 0.6 is 7.82 Å². The molecule has 0 heterocycles. The number of Topliss-reactive ketones (excluding diaryl/α,β-unsaturated/α-hetero) is 1. The van der Waals surface area contributed by atoms with Crippen LogP contribution in [0.25, 0.3) is 0 Å². The average molecular weight is 683 g/mol. The highest BCUT2D eigenvalue weighted by atomic mass is 31.2. The molecule has 0 spiro atoms. The smallest absolute Gasteiger partial charge is 0.472 e. The van der Waals surface area contributed by atoms with Crippen molar-refractivity contribution in [2.24, 2.45) is 5.92 Å². The second-order valence-electron chi connectivity index (χ2n) is 14.6. The normalized spacial score (nSPS) is 13.8. The highest BCUT2D eigenvalue weighted by Crippen LogP contribution is 2.44. The van der Waals surface area contributed by atoms with Crippen LogP contribution in [-0.2, 0) is 24.8 Å². The van der Waals surface area contributed by atoms with Crippen LogP contribution in [0.2, 0.25) is 0 Å². The summed E-state index contributed by atoms with van der Waals surface area (Å²) in [5.74, 6) is 0.723. The number of unbranched alkanes of at least 4 members (excludes halogenated alkanes) is 16. The van der Waals surface area contributed by atoms with Crippen LogP contribution in [0.4, 0.5) is 0 Å². The van der Waals surface area contributed by atoms with Crippen molar-refractivity contribution in [2.45, 2.75) is 155 Å². The Morgan fingerprint density at radius 2 is 1.26 bits per heavy atom. The fraction of sp³-hybridized carbons (Fsp3) is 0.821. The van der Waals surface area contributed by atoms with E-state index in [9.17, 15) is 14.3 Å². The van der Waals surface area contributed by atoms with Gasteiger partial charge in [-0.15, -0.1) is 0 Å². The van der Waals surface area contributed by atoms with Gasteiger partial charge >= 0.3 is 7.82 Å². The lowest BCUT2D eigenvalue weighted by Gasteiger charge is -2.23. The summed E-state index contributed by atoms with van der Waals surface area (Å²) in [4.78, 5) is 22.9. The molecule has 2 unspecified atom stereocenters. The molecule has 1 aromatic carbocycles. The molecule has 47 heavy (non-hydrogen) atoms. The van der Waals surface area contributed by atoms with E-state index in [4.69, 9.17) is 13.8 Å². The molecule has 8 heteroatoms. The van der Waals surface area contributed by atoms with Gasteiger partial charge in [0.15, 0.2) is 0 Å². The van der Waals surface area contributed by atoms with Crippen molar-refractivity contribution in [1.29, 1.82) is 0 Å². The summed E-state index contributed by atoms with van der Waals surface area (Å²) >= 11 is 0. The third-order valence-corrected chi connectivity index (χ3v) is 9.72. The maximum Gasteiger partial charge on any atom is 0.472 e. The van der Waals surface area contributed by atoms with Crippen molar-refractivity contribution in [2.75, 3.05) is 47.5 Å². The van der Waals surface area contributed by atoms with E-state index in [1.165, 1.54) is 96.3 Å². The summed E-state index contributed by atoms with van der Waals surface area (Å²) < 4.78 is 30.3. The number of para-hydroxylation sites is 1. The van der Waals surface area contributed by atoms with Gasteiger partial charge in [-0.3, -0.25) is 13.8 Å². The first-order valence-corrected chi connectivity index (χ1v) is 20.7. The summed E-state index contributed by atoms with van der Waals surface area (Å²) in [5, 5.41) is 0. The summed E-state index contributed by atoms with van der Waals surface area (Å²) in [7, 11) is 2.15. The lowest BCUT2D eigenvalue weighted by Crippen LogP contribution is -2.35. The molecular weight excluding hydrogens is 609 g/mol. The lowest BCUT2D eigenvalue weighted by molar-refractivity contribution is -0.870. The Hall–Kier alpha value is -1.24. The first-order chi connectivity index (χ1) is 22.6. The van der Waals surface area contributed by atoms with E-state index in [1.807, 2.05) is 31.2 Å². The molecule has 7 nitrogen and oxygen atoms in total. The fourth-order valence-electron chi connectivity index (χ4n) is 5.95. The number of hydrogen-bond donors (Lipinski definition) is 1. The number of phosphoric ester groups is 1. The van der Waals surface area contributed by atoms with E-state index >= 15 is 0 Å². The third kappa shape index (κ3) is 26.3. The first kappa shape index (κ1) is 43.8. The zero-order valence-corrected chi connectivity index (χ0v) is 32.0. The number of ketones is 1. The number of carbonyl (C=O) groups excluding carboxylic acids is 1. The van der Waals surface area contributed by atoms with Gasteiger partial charge in [0.05, 0.1) is 47.5 Å². The summed E-state index contributed by atoms with van der Waals surface area (Å²) in [6, 6.07) is 7.93. The molecule has 0 saturated heterocycles. The number of hydrogen-bond acceptors (Lipinski definition) is 5. The number of nitrogens with zero attached hydrogens (tertiary/aromatic N) is 1. The third-order valence-electron chi connectivity index (χ3n) is 8.73. The molecule has 1 aromatic rings. The van der Waals surface area contributed by atoms with Crippen molar-refractivity contribution in [3.63, 3.8) is 0 Å². The van der Waals surface area contributed by atoms with Crippen molar-refractivity contribution in [3.8, 4) is 5.75 Å². The Bertz CT molecular complexity index is 950. The molecule has 0 aliphatic carbocycles. The van der Waals surface area contributed by atoms with Crippen LogP contribution < -0.4 is 4.74 Å². The highest BCUT2D eigenvalue weighted by Gasteiger charge is 2.25. The predicted molar refractivity (Wildman–Crippen MR) is 197 cm³/mol. The SMILES string of the molecule is CCCCCCCCCCCCCCCCCCOc1ccccc1CC(COP(=O)(O)OCCCC[N+](C)(C)C)CC(=O)CCC. The van der Waals surface area contributed by atoms with Gasteiger partial charge in [-0.1, -0.05) is 128 Å². The Labute approximate surface area is 289 Å². The first-order valence-electron chi connectivity index (χ1n) is 19.2. The number of phosphoric acid groups is 1. The van der Waals surface area contributed by atoms with Gasteiger partial charge in [0.25, 0.3) is 0 Å².